The van der Waals surface area contributed by atoms with Crippen LogP contribution in [0.4, 0.5) is 0 Å². The van der Waals surface area contributed by atoms with Gasteiger partial charge in [0.25, 0.3) is 0 Å². The number of allylic oxidation sites excluding steroid dienone is 18. The Labute approximate surface area is 251 Å². The van der Waals surface area contributed by atoms with Gasteiger partial charge >= 0.3 is 0 Å². The van der Waals surface area contributed by atoms with Crippen LogP contribution in [0.1, 0.15) is 83.6 Å². The summed E-state index contributed by atoms with van der Waals surface area (Å²) in [5.74, 6) is 0. The van der Waals surface area contributed by atoms with Gasteiger partial charge in [0.05, 0.1) is 6.10 Å². The van der Waals surface area contributed by atoms with Crippen LogP contribution in [0.25, 0.3) is 6.08 Å². The van der Waals surface area contributed by atoms with Crippen LogP contribution in [0.2, 0.25) is 0 Å². The van der Waals surface area contributed by atoms with Gasteiger partial charge in [-0.3, -0.25) is 0 Å². The fourth-order valence-corrected chi connectivity index (χ4v) is 5.11. The van der Waals surface area contributed by atoms with Crippen molar-refractivity contribution in [2.75, 3.05) is 0 Å². The lowest BCUT2D eigenvalue weighted by atomic mass is 9.71. The molecule has 1 heteroatoms. The summed E-state index contributed by atoms with van der Waals surface area (Å²) < 4.78 is 0. The van der Waals surface area contributed by atoms with Crippen molar-refractivity contribution in [1.29, 1.82) is 0 Å². The van der Waals surface area contributed by atoms with Gasteiger partial charge in [-0.1, -0.05) is 139 Å². The SMILES string of the molecule is CC1=C(/C=C/C(C)=C/C=C/C(C)=C/C=C/C=C(C)/C=C/C=C(C)/C=C/c2ccc(C)c(C)c2C)C(C)(C)C[C@H](O)C1. The Morgan fingerprint density at radius 2 is 1.17 bits per heavy atom. The molecule has 0 fully saturated rings. The Balaban J connectivity index is 1.90. The van der Waals surface area contributed by atoms with E-state index in [0.717, 1.165) is 12.8 Å². The van der Waals surface area contributed by atoms with Crippen LogP contribution in [0.15, 0.2) is 125 Å². The van der Waals surface area contributed by atoms with Gasteiger partial charge in [-0.25, -0.2) is 0 Å². The molecule has 2 rings (SSSR count). The summed E-state index contributed by atoms with van der Waals surface area (Å²) in [6, 6.07) is 4.39. The average molecular weight is 549 g/mol. The summed E-state index contributed by atoms with van der Waals surface area (Å²) in [7, 11) is 0. The van der Waals surface area contributed by atoms with Crippen LogP contribution in [0.5, 0.6) is 0 Å². The summed E-state index contributed by atoms with van der Waals surface area (Å²) in [4.78, 5) is 0. The highest BCUT2D eigenvalue weighted by Crippen LogP contribution is 2.41. The molecule has 1 aromatic rings. The van der Waals surface area contributed by atoms with Crippen molar-refractivity contribution in [3.8, 4) is 0 Å². The molecule has 0 radical (unpaired) electrons. The number of rotatable bonds is 10. The van der Waals surface area contributed by atoms with E-state index in [4.69, 9.17) is 0 Å². The molecule has 218 valence electrons. The molecule has 1 aliphatic rings. The molecule has 0 bridgehead atoms. The molecule has 1 nitrogen and oxygen atoms in total. The third kappa shape index (κ3) is 11.5. The summed E-state index contributed by atoms with van der Waals surface area (Å²) in [6.45, 7) is 21.6. The highest BCUT2D eigenvalue weighted by molar-refractivity contribution is 5.59. The van der Waals surface area contributed by atoms with E-state index in [1.54, 1.807) is 0 Å². The molecule has 0 spiro atoms. The molecule has 0 saturated carbocycles. The molecule has 0 unspecified atom stereocenters. The van der Waals surface area contributed by atoms with Crippen LogP contribution in [0, 0.1) is 26.2 Å². The van der Waals surface area contributed by atoms with Crippen molar-refractivity contribution < 1.29 is 5.11 Å². The minimum Gasteiger partial charge on any atom is -0.393 e. The van der Waals surface area contributed by atoms with E-state index >= 15 is 0 Å². The van der Waals surface area contributed by atoms with Gasteiger partial charge in [-0.05, 0) is 101 Å². The maximum Gasteiger partial charge on any atom is 0.0585 e. The van der Waals surface area contributed by atoms with E-state index in [-0.39, 0.29) is 11.5 Å². The molecular formula is C40H52O. The first kappa shape index (κ1) is 33.8. The monoisotopic (exact) mass is 548 g/mol. The minimum absolute atomic E-state index is 0.0100. The minimum atomic E-state index is -0.223. The number of hydrogen-bond acceptors (Lipinski definition) is 1. The molecule has 0 aliphatic heterocycles. The van der Waals surface area contributed by atoms with Crippen LogP contribution in [-0.4, -0.2) is 11.2 Å². The van der Waals surface area contributed by atoms with Gasteiger partial charge in [-0.15, -0.1) is 0 Å². The van der Waals surface area contributed by atoms with Gasteiger partial charge in [0.2, 0.25) is 0 Å². The molecule has 1 N–H and O–H groups in total. The molecule has 0 heterocycles. The predicted molar refractivity (Wildman–Crippen MR) is 183 cm³/mol. The maximum atomic E-state index is 10.1. The largest absolute Gasteiger partial charge is 0.393 e. The standard InChI is InChI=1S/C40H52O/c1-29(17-13-19-31(3)21-24-37-25-23-33(5)35(7)36(37)8)15-11-12-16-30(2)18-14-20-32(4)22-26-39-34(6)27-38(41)28-40(39,9)10/h11-26,38,41H,27-28H2,1-10H3/b12-11+,17-13+,18-14+,24-21+,26-22+,29-15+,30-16+,31-19+,32-20+/t38-/m1/s1. The first-order valence-electron chi connectivity index (χ1n) is 14.8. The van der Waals surface area contributed by atoms with Crippen LogP contribution in [-0.2, 0) is 0 Å². The lowest BCUT2D eigenvalue weighted by Crippen LogP contribution is -2.28. The zero-order chi connectivity index (χ0) is 30.6. The Morgan fingerprint density at radius 3 is 1.71 bits per heavy atom. The predicted octanol–water partition coefficient (Wildman–Crippen LogP) is 11.1. The molecule has 1 atom stereocenters. The topological polar surface area (TPSA) is 20.2 Å². The van der Waals surface area contributed by atoms with E-state index < -0.39 is 0 Å². The van der Waals surface area contributed by atoms with Crippen LogP contribution >= 0.6 is 0 Å². The third-order valence-corrected chi connectivity index (χ3v) is 7.88. The Morgan fingerprint density at radius 1 is 0.683 bits per heavy atom. The van der Waals surface area contributed by atoms with E-state index in [0.29, 0.717) is 0 Å². The summed E-state index contributed by atoms with van der Waals surface area (Å²) in [6.07, 6.45) is 31.3. The number of aliphatic hydroxyl groups excluding tert-OH is 1. The van der Waals surface area contributed by atoms with Gasteiger partial charge < -0.3 is 5.11 Å². The summed E-state index contributed by atoms with van der Waals surface area (Å²) in [5.41, 5.74) is 12.8. The van der Waals surface area contributed by atoms with Gasteiger partial charge in [-0.2, -0.15) is 0 Å². The van der Waals surface area contributed by atoms with E-state index in [9.17, 15) is 5.11 Å². The summed E-state index contributed by atoms with van der Waals surface area (Å²) >= 11 is 0. The highest BCUT2D eigenvalue weighted by Gasteiger charge is 2.31. The van der Waals surface area contributed by atoms with Crippen molar-refractivity contribution >= 4 is 6.08 Å². The Hall–Kier alpha value is -3.42. The van der Waals surface area contributed by atoms with Crippen LogP contribution in [0.3, 0.4) is 0 Å². The van der Waals surface area contributed by atoms with Crippen molar-refractivity contribution in [3.63, 3.8) is 0 Å². The van der Waals surface area contributed by atoms with Crippen molar-refractivity contribution in [1.82, 2.24) is 0 Å². The fourth-order valence-electron chi connectivity index (χ4n) is 5.11. The maximum absolute atomic E-state index is 10.1. The molecule has 0 aromatic heterocycles. The van der Waals surface area contributed by atoms with Gasteiger partial charge in [0.1, 0.15) is 0 Å². The normalized spacial score (nSPS) is 19.8. The van der Waals surface area contributed by atoms with E-state index in [1.165, 1.54) is 55.7 Å². The first-order chi connectivity index (χ1) is 19.3. The number of aryl methyl sites for hydroxylation is 1. The smallest absolute Gasteiger partial charge is 0.0585 e. The molecule has 1 aromatic carbocycles. The van der Waals surface area contributed by atoms with E-state index in [1.807, 2.05) is 0 Å². The van der Waals surface area contributed by atoms with Crippen molar-refractivity contribution in [2.45, 2.75) is 88.2 Å². The molecule has 41 heavy (non-hydrogen) atoms. The Kier molecular flexibility index (Phi) is 13.3. The number of hydrogen-bond donors (Lipinski definition) is 1. The zero-order valence-electron chi connectivity index (χ0n) is 27.2. The second kappa shape index (κ2) is 16.1. The van der Waals surface area contributed by atoms with Gasteiger partial charge in [0, 0.05) is 0 Å². The molecule has 1 aliphatic carbocycles. The number of benzene rings is 1. The van der Waals surface area contributed by atoms with E-state index in [2.05, 4.69) is 166 Å². The quantitative estimate of drug-likeness (QED) is 0.288. The lowest BCUT2D eigenvalue weighted by Gasteiger charge is -2.35. The zero-order valence-corrected chi connectivity index (χ0v) is 27.2. The highest BCUT2D eigenvalue weighted by atomic mass is 16.3. The van der Waals surface area contributed by atoms with Crippen molar-refractivity contribution in [3.05, 3.63) is 147 Å². The first-order valence-corrected chi connectivity index (χ1v) is 14.8. The summed E-state index contributed by atoms with van der Waals surface area (Å²) in [5, 5.41) is 10.1. The van der Waals surface area contributed by atoms with Gasteiger partial charge in [0.15, 0.2) is 0 Å². The molecular weight excluding hydrogens is 496 g/mol. The lowest BCUT2D eigenvalue weighted by molar-refractivity contribution is 0.116. The molecule has 0 amide bonds. The second-order valence-electron chi connectivity index (χ2n) is 12.3. The van der Waals surface area contributed by atoms with Crippen LogP contribution < -0.4 is 0 Å². The Bertz CT molecular complexity index is 1370. The average Bonchev–Trinajstić information content (AvgIpc) is 2.88. The second-order valence-corrected chi connectivity index (χ2v) is 12.3. The fraction of sp³-hybridized carbons (Fsp3) is 0.350. The number of aliphatic hydroxyl groups is 1. The van der Waals surface area contributed by atoms with Crippen molar-refractivity contribution in [2.24, 2.45) is 5.41 Å². The third-order valence-electron chi connectivity index (χ3n) is 7.88. The molecule has 0 saturated heterocycles.